The maximum absolute atomic E-state index is 12.3. The minimum atomic E-state index is -0.0195. The van der Waals surface area contributed by atoms with E-state index in [9.17, 15) is 4.79 Å². The smallest absolute Gasteiger partial charge is 0.279 e. The summed E-state index contributed by atoms with van der Waals surface area (Å²) in [6, 6.07) is 25.4. The second-order valence-electron chi connectivity index (χ2n) is 7.01. The average Bonchev–Trinajstić information content (AvgIpc) is 2.74. The maximum Gasteiger partial charge on any atom is 0.279 e. The maximum atomic E-state index is 12.3. The number of likely N-dealkylation sites (N-methyl/N-ethyl adjacent to an activating group) is 1. The van der Waals surface area contributed by atoms with Gasteiger partial charge >= 0.3 is 0 Å². The second-order valence-corrected chi connectivity index (χ2v) is 7.01. The Kier molecular flexibility index (Phi) is 7.25. The van der Waals surface area contributed by atoms with Crippen molar-refractivity contribution in [1.29, 1.82) is 0 Å². The SMILES string of the molecule is COc1ccc(C[NH+](C)CC(=O)Nc2ccc(OCc3ccccc3)cc2)cc1. The molecule has 0 spiro atoms. The van der Waals surface area contributed by atoms with Crippen LogP contribution in [0.3, 0.4) is 0 Å². The van der Waals surface area contributed by atoms with Crippen molar-refractivity contribution in [2.45, 2.75) is 13.2 Å². The number of rotatable bonds is 9. The van der Waals surface area contributed by atoms with E-state index in [2.05, 4.69) is 5.32 Å². The number of hydrogen-bond donors (Lipinski definition) is 2. The summed E-state index contributed by atoms with van der Waals surface area (Å²) < 4.78 is 10.9. The Morgan fingerprint density at radius 3 is 2.17 bits per heavy atom. The summed E-state index contributed by atoms with van der Waals surface area (Å²) in [5, 5.41) is 2.94. The summed E-state index contributed by atoms with van der Waals surface area (Å²) in [6.45, 7) is 1.67. The van der Waals surface area contributed by atoms with E-state index in [-0.39, 0.29) is 5.91 Å². The fourth-order valence-electron chi connectivity index (χ4n) is 3.01. The molecule has 0 radical (unpaired) electrons. The van der Waals surface area contributed by atoms with Crippen LogP contribution in [0, 0.1) is 0 Å². The molecule has 0 aliphatic heterocycles. The van der Waals surface area contributed by atoms with E-state index in [1.807, 2.05) is 85.9 Å². The van der Waals surface area contributed by atoms with E-state index >= 15 is 0 Å². The van der Waals surface area contributed by atoms with Gasteiger partial charge in [-0.3, -0.25) is 4.79 Å². The van der Waals surface area contributed by atoms with Gasteiger partial charge in [-0.2, -0.15) is 0 Å². The molecule has 2 N–H and O–H groups in total. The van der Waals surface area contributed by atoms with E-state index < -0.39 is 0 Å². The van der Waals surface area contributed by atoms with E-state index in [1.165, 1.54) is 0 Å². The molecule has 1 unspecified atom stereocenters. The third kappa shape index (κ3) is 6.66. The standard InChI is InChI=1S/C24H26N2O3/c1-26(16-19-8-12-22(28-2)13-9-19)17-24(27)25-21-10-14-23(15-11-21)29-18-20-6-4-3-5-7-20/h3-15H,16-18H2,1-2H3,(H,25,27)/p+1. The lowest BCUT2D eigenvalue weighted by molar-refractivity contribution is -0.885. The van der Waals surface area contributed by atoms with Crippen LogP contribution in [0.2, 0.25) is 0 Å². The molecular weight excluding hydrogens is 364 g/mol. The highest BCUT2D eigenvalue weighted by Gasteiger charge is 2.11. The molecule has 0 fully saturated rings. The zero-order valence-electron chi connectivity index (χ0n) is 16.9. The fraction of sp³-hybridized carbons (Fsp3) is 0.208. The Balaban J connectivity index is 1.44. The van der Waals surface area contributed by atoms with Gasteiger partial charge in [0.05, 0.1) is 14.2 Å². The summed E-state index contributed by atoms with van der Waals surface area (Å²) in [5.74, 6) is 1.59. The molecule has 3 aromatic carbocycles. The zero-order valence-corrected chi connectivity index (χ0v) is 16.9. The minimum Gasteiger partial charge on any atom is -0.497 e. The topological polar surface area (TPSA) is 52.0 Å². The first-order chi connectivity index (χ1) is 14.1. The number of methoxy groups -OCH3 is 1. The van der Waals surface area contributed by atoms with Crippen molar-refractivity contribution in [3.8, 4) is 11.5 Å². The molecule has 5 heteroatoms. The summed E-state index contributed by atoms with van der Waals surface area (Å²) >= 11 is 0. The number of amides is 1. The van der Waals surface area contributed by atoms with Gasteiger partial charge in [0.25, 0.3) is 5.91 Å². The van der Waals surface area contributed by atoms with E-state index in [4.69, 9.17) is 9.47 Å². The number of anilines is 1. The summed E-state index contributed by atoms with van der Waals surface area (Å²) in [7, 11) is 3.66. The molecule has 29 heavy (non-hydrogen) atoms. The van der Waals surface area contributed by atoms with E-state index in [1.54, 1.807) is 7.11 Å². The van der Waals surface area contributed by atoms with Crippen molar-refractivity contribution >= 4 is 11.6 Å². The molecule has 0 aliphatic carbocycles. The van der Waals surface area contributed by atoms with Gasteiger partial charge in [-0.25, -0.2) is 0 Å². The highest BCUT2D eigenvalue weighted by Crippen LogP contribution is 2.17. The molecule has 3 aromatic rings. The summed E-state index contributed by atoms with van der Waals surface area (Å²) in [5.41, 5.74) is 3.04. The van der Waals surface area contributed by atoms with E-state index in [0.29, 0.717) is 13.2 Å². The zero-order chi connectivity index (χ0) is 20.5. The lowest BCUT2D eigenvalue weighted by Crippen LogP contribution is -3.08. The second kappa shape index (κ2) is 10.3. The molecule has 1 amide bonds. The van der Waals surface area contributed by atoms with Crippen LogP contribution in [0.4, 0.5) is 5.69 Å². The van der Waals surface area contributed by atoms with E-state index in [0.717, 1.165) is 39.8 Å². The summed E-state index contributed by atoms with van der Waals surface area (Å²) in [6.07, 6.45) is 0. The van der Waals surface area contributed by atoms with Crippen LogP contribution in [0.1, 0.15) is 11.1 Å². The van der Waals surface area contributed by atoms with Gasteiger partial charge in [-0.1, -0.05) is 30.3 Å². The number of ether oxygens (including phenoxy) is 2. The molecule has 5 nitrogen and oxygen atoms in total. The van der Waals surface area contributed by atoms with Gasteiger partial charge in [-0.05, 0) is 54.1 Å². The van der Waals surface area contributed by atoms with Crippen molar-refractivity contribution in [3.05, 3.63) is 90.0 Å². The van der Waals surface area contributed by atoms with Crippen molar-refractivity contribution in [2.24, 2.45) is 0 Å². The highest BCUT2D eigenvalue weighted by molar-refractivity contribution is 5.91. The molecule has 0 saturated heterocycles. The third-order valence-electron chi connectivity index (χ3n) is 4.51. The van der Waals surface area contributed by atoms with Gasteiger partial charge < -0.3 is 19.7 Å². The van der Waals surface area contributed by atoms with Gasteiger partial charge in [0, 0.05) is 11.3 Å². The molecular formula is C24H27N2O3+. The van der Waals surface area contributed by atoms with Gasteiger partial charge in [0.2, 0.25) is 0 Å². The van der Waals surface area contributed by atoms with Crippen LogP contribution in [-0.2, 0) is 17.9 Å². The largest absolute Gasteiger partial charge is 0.497 e. The first-order valence-electron chi connectivity index (χ1n) is 9.63. The van der Waals surface area contributed by atoms with Crippen LogP contribution in [-0.4, -0.2) is 26.6 Å². The Hall–Kier alpha value is -3.31. The fourth-order valence-corrected chi connectivity index (χ4v) is 3.01. The predicted octanol–water partition coefficient (Wildman–Crippen LogP) is 2.93. The monoisotopic (exact) mass is 391 g/mol. The Morgan fingerprint density at radius 2 is 1.52 bits per heavy atom. The molecule has 0 aliphatic rings. The van der Waals surface area contributed by atoms with Crippen LogP contribution >= 0.6 is 0 Å². The number of nitrogens with one attached hydrogen (secondary N) is 2. The summed E-state index contributed by atoms with van der Waals surface area (Å²) in [4.78, 5) is 13.4. The van der Waals surface area contributed by atoms with Crippen molar-refractivity contribution in [3.63, 3.8) is 0 Å². The number of hydrogen-bond acceptors (Lipinski definition) is 3. The predicted molar refractivity (Wildman–Crippen MR) is 114 cm³/mol. The quantitative estimate of drug-likeness (QED) is 0.590. The molecule has 0 heterocycles. The number of quaternary nitrogens is 1. The lowest BCUT2D eigenvalue weighted by atomic mass is 10.2. The molecule has 0 aromatic heterocycles. The normalized spacial score (nSPS) is 11.5. The Labute approximate surface area is 171 Å². The molecule has 3 rings (SSSR count). The first-order valence-corrected chi connectivity index (χ1v) is 9.63. The van der Waals surface area contributed by atoms with Crippen LogP contribution < -0.4 is 19.7 Å². The van der Waals surface area contributed by atoms with Crippen molar-refractivity contribution in [2.75, 3.05) is 26.0 Å². The Bertz CT molecular complexity index is 894. The van der Waals surface area contributed by atoms with Gasteiger partial charge in [-0.15, -0.1) is 0 Å². The van der Waals surface area contributed by atoms with Gasteiger partial charge in [0.1, 0.15) is 24.7 Å². The average molecular weight is 391 g/mol. The molecule has 150 valence electrons. The van der Waals surface area contributed by atoms with Crippen molar-refractivity contribution < 1.29 is 19.2 Å². The first kappa shape index (κ1) is 20.4. The number of carbonyl (C=O) groups is 1. The Morgan fingerprint density at radius 1 is 0.862 bits per heavy atom. The third-order valence-corrected chi connectivity index (χ3v) is 4.51. The van der Waals surface area contributed by atoms with Crippen LogP contribution in [0.25, 0.3) is 0 Å². The highest BCUT2D eigenvalue weighted by atomic mass is 16.5. The van der Waals surface area contributed by atoms with Gasteiger partial charge in [0.15, 0.2) is 6.54 Å². The minimum absolute atomic E-state index is 0.0195. The number of benzene rings is 3. The van der Waals surface area contributed by atoms with Crippen LogP contribution in [0.5, 0.6) is 11.5 Å². The van der Waals surface area contributed by atoms with Crippen LogP contribution in [0.15, 0.2) is 78.9 Å². The van der Waals surface area contributed by atoms with Crippen molar-refractivity contribution in [1.82, 2.24) is 0 Å². The lowest BCUT2D eigenvalue weighted by Gasteiger charge is -2.14. The molecule has 0 saturated carbocycles. The number of carbonyl (C=O) groups excluding carboxylic acids is 1. The molecule has 1 atom stereocenters. The molecule has 0 bridgehead atoms.